The lowest BCUT2D eigenvalue weighted by molar-refractivity contribution is 0.156. The molecule has 12 heteroatoms. The van der Waals surface area contributed by atoms with E-state index >= 15 is 0 Å². The SMILES string of the molecule is N#COCn1c(=NCN=C=O)oc(=O)n(CN=C=O)c1=O. The molecule has 0 atom stereocenters. The van der Waals surface area contributed by atoms with Crippen molar-refractivity contribution in [2.75, 3.05) is 6.67 Å². The van der Waals surface area contributed by atoms with Gasteiger partial charge < -0.3 is 9.15 Å². The first-order valence-corrected chi connectivity index (χ1v) is 5.09. The highest BCUT2D eigenvalue weighted by Crippen LogP contribution is 1.78. The summed E-state index contributed by atoms with van der Waals surface area (Å²) in [5.41, 5.74) is -1.51. The molecular weight excluding hydrogens is 288 g/mol. The van der Waals surface area contributed by atoms with Crippen molar-refractivity contribution in [1.29, 1.82) is 5.26 Å². The van der Waals surface area contributed by atoms with Gasteiger partial charge in [-0.05, 0) is 0 Å². The average molecular weight is 294 g/mol. The molecule has 0 radical (unpaired) electrons. The first-order chi connectivity index (χ1) is 10.2. The van der Waals surface area contributed by atoms with E-state index < -0.39 is 37.2 Å². The maximum Gasteiger partial charge on any atom is 0.427 e. The Bertz CT molecular complexity index is 826. The molecule has 0 aromatic carbocycles. The Morgan fingerprint density at radius 1 is 1.19 bits per heavy atom. The van der Waals surface area contributed by atoms with Gasteiger partial charge in [-0.3, -0.25) is 0 Å². The number of hydrogen-bond acceptors (Lipinski definition) is 10. The summed E-state index contributed by atoms with van der Waals surface area (Å²) < 4.78 is 10.2. The Hall–Kier alpha value is -3.54. The zero-order valence-corrected chi connectivity index (χ0v) is 10.3. The average Bonchev–Trinajstić information content (AvgIpc) is 2.47. The standard InChI is InChI=1S/C9H6N6O6/c10-1-20-6-15-7(13-2-11-4-16)21-9(19)14(8(15)18)3-12-5-17/h2-3,6H2. The Morgan fingerprint density at radius 2 is 1.90 bits per heavy atom. The second-order valence-corrected chi connectivity index (χ2v) is 3.09. The van der Waals surface area contributed by atoms with E-state index in [-0.39, 0.29) is 0 Å². The van der Waals surface area contributed by atoms with Crippen LogP contribution in [0.15, 0.2) is 29.0 Å². The van der Waals surface area contributed by atoms with Gasteiger partial charge in [0.2, 0.25) is 12.2 Å². The van der Waals surface area contributed by atoms with Crippen LogP contribution in [0.25, 0.3) is 0 Å². The molecule has 0 saturated heterocycles. The summed E-state index contributed by atoms with van der Waals surface area (Å²) in [6.45, 7) is -1.67. The van der Waals surface area contributed by atoms with Crippen LogP contribution in [0.1, 0.15) is 0 Å². The Morgan fingerprint density at radius 3 is 2.52 bits per heavy atom. The summed E-state index contributed by atoms with van der Waals surface area (Å²) in [4.78, 5) is 53.2. The summed E-state index contributed by atoms with van der Waals surface area (Å²) >= 11 is 0. The van der Waals surface area contributed by atoms with Crippen LogP contribution in [0.5, 0.6) is 0 Å². The van der Waals surface area contributed by atoms with Crippen molar-refractivity contribution in [3.05, 3.63) is 26.7 Å². The fourth-order valence-electron chi connectivity index (χ4n) is 1.16. The predicted molar refractivity (Wildman–Crippen MR) is 60.6 cm³/mol. The third-order valence-electron chi connectivity index (χ3n) is 1.97. The van der Waals surface area contributed by atoms with E-state index in [2.05, 4.69) is 19.7 Å². The van der Waals surface area contributed by atoms with Gasteiger partial charge in [0.25, 0.3) is 6.26 Å². The minimum Gasteiger partial charge on any atom is -0.405 e. The molecule has 0 amide bonds. The Balaban J connectivity index is 3.51. The van der Waals surface area contributed by atoms with Gasteiger partial charge in [0.1, 0.15) is 13.3 Å². The van der Waals surface area contributed by atoms with Crippen LogP contribution < -0.4 is 17.1 Å². The largest absolute Gasteiger partial charge is 0.427 e. The zero-order chi connectivity index (χ0) is 15.7. The van der Waals surface area contributed by atoms with Gasteiger partial charge in [-0.2, -0.15) is 15.2 Å². The van der Waals surface area contributed by atoms with Crippen molar-refractivity contribution in [3.8, 4) is 6.26 Å². The van der Waals surface area contributed by atoms with Crippen molar-refractivity contribution in [2.45, 2.75) is 13.4 Å². The Kier molecular flexibility index (Phi) is 5.76. The molecule has 0 fully saturated rings. The second kappa shape index (κ2) is 7.80. The van der Waals surface area contributed by atoms with Gasteiger partial charge in [0.15, 0.2) is 6.73 Å². The van der Waals surface area contributed by atoms with Crippen molar-refractivity contribution >= 4 is 12.2 Å². The summed E-state index contributed by atoms with van der Waals surface area (Å²) in [6.07, 6.45) is 3.66. The number of ether oxygens (including phenoxy) is 1. The lowest BCUT2D eigenvalue weighted by atomic mass is 10.8. The normalized spacial score (nSPS) is 10.1. The van der Waals surface area contributed by atoms with Gasteiger partial charge in [0.05, 0.1) is 0 Å². The Labute approximate surface area is 114 Å². The predicted octanol–water partition coefficient (Wildman–Crippen LogP) is -2.45. The minimum absolute atomic E-state index is 0.449. The molecule has 21 heavy (non-hydrogen) atoms. The highest BCUT2D eigenvalue weighted by molar-refractivity contribution is 5.32. The summed E-state index contributed by atoms with van der Waals surface area (Å²) in [7, 11) is 0. The summed E-state index contributed by atoms with van der Waals surface area (Å²) in [5.74, 6) is -1.15. The van der Waals surface area contributed by atoms with Crippen LogP contribution >= 0.6 is 0 Å². The molecule has 0 bridgehead atoms. The van der Waals surface area contributed by atoms with Gasteiger partial charge in [-0.15, -0.1) is 0 Å². The maximum absolute atomic E-state index is 12.0. The summed E-state index contributed by atoms with van der Waals surface area (Å²) in [6, 6.07) is 0. The van der Waals surface area contributed by atoms with E-state index in [1.54, 1.807) is 0 Å². The monoisotopic (exact) mass is 294 g/mol. The van der Waals surface area contributed by atoms with E-state index in [1.165, 1.54) is 12.3 Å². The number of isocyanates is 2. The molecule has 1 aromatic heterocycles. The molecule has 0 spiro atoms. The van der Waals surface area contributed by atoms with E-state index in [4.69, 9.17) is 9.68 Å². The molecule has 0 aliphatic heterocycles. The lowest BCUT2D eigenvalue weighted by Crippen LogP contribution is -2.47. The van der Waals surface area contributed by atoms with Gasteiger partial charge in [-0.25, -0.2) is 33.3 Å². The van der Waals surface area contributed by atoms with Gasteiger partial charge in [-0.1, -0.05) is 0 Å². The molecular formula is C9H6N6O6. The number of hydrogen-bond donors (Lipinski definition) is 0. The number of nitrogens with zero attached hydrogens (tertiary/aromatic N) is 6. The van der Waals surface area contributed by atoms with Crippen LogP contribution in [0.2, 0.25) is 0 Å². The minimum atomic E-state index is -1.15. The third kappa shape index (κ3) is 3.97. The van der Waals surface area contributed by atoms with Gasteiger partial charge in [0, 0.05) is 0 Å². The van der Waals surface area contributed by atoms with Crippen LogP contribution in [-0.2, 0) is 27.7 Å². The number of carbonyl (C=O) groups excluding carboxylic acids is 2. The molecule has 0 N–H and O–H groups in total. The van der Waals surface area contributed by atoms with Crippen molar-refractivity contribution in [2.24, 2.45) is 15.0 Å². The zero-order valence-electron chi connectivity index (χ0n) is 10.3. The van der Waals surface area contributed by atoms with Crippen LogP contribution in [0, 0.1) is 11.5 Å². The highest BCUT2D eigenvalue weighted by atomic mass is 16.5. The first-order valence-electron chi connectivity index (χ1n) is 5.09. The van der Waals surface area contributed by atoms with Crippen LogP contribution in [0.3, 0.4) is 0 Å². The smallest absolute Gasteiger partial charge is 0.405 e. The molecule has 0 aliphatic rings. The highest BCUT2D eigenvalue weighted by Gasteiger charge is 2.10. The molecule has 1 aromatic rings. The molecule has 12 nitrogen and oxygen atoms in total. The van der Waals surface area contributed by atoms with E-state index in [0.29, 0.717) is 9.13 Å². The van der Waals surface area contributed by atoms with Crippen molar-refractivity contribution in [3.63, 3.8) is 0 Å². The number of rotatable bonds is 6. The molecule has 1 heterocycles. The second-order valence-electron chi connectivity index (χ2n) is 3.09. The van der Waals surface area contributed by atoms with Crippen LogP contribution in [-0.4, -0.2) is 28.0 Å². The van der Waals surface area contributed by atoms with Crippen molar-refractivity contribution < 1.29 is 18.7 Å². The topological polar surface area (TPSA) is 161 Å². The van der Waals surface area contributed by atoms with E-state index in [9.17, 15) is 19.2 Å². The molecule has 0 aliphatic carbocycles. The molecule has 0 saturated carbocycles. The first kappa shape index (κ1) is 15.5. The summed E-state index contributed by atoms with van der Waals surface area (Å²) in [5, 5.41) is 8.33. The van der Waals surface area contributed by atoms with Crippen LogP contribution in [0.4, 0.5) is 0 Å². The fourth-order valence-corrected chi connectivity index (χ4v) is 1.16. The molecule has 108 valence electrons. The maximum atomic E-state index is 12.0. The molecule has 0 unspecified atom stereocenters. The molecule has 1 rings (SSSR count). The third-order valence-corrected chi connectivity index (χ3v) is 1.97. The van der Waals surface area contributed by atoms with Gasteiger partial charge >= 0.3 is 17.1 Å². The van der Waals surface area contributed by atoms with E-state index in [0.717, 1.165) is 6.08 Å². The number of aliphatic imine (C=N–C) groups is 2. The number of aromatic nitrogens is 2. The fraction of sp³-hybridized carbons (Fsp3) is 0.333. The lowest BCUT2D eigenvalue weighted by Gasteiger charge is -2.05. The van der Waals surface area contributed by atoms with Crippen molar-refractivity contribution in [1.82, 2.24) is 9.13 Å². The number of nitriles is 1. The van der Waals surface area contributed by atoms with E-state index in [1.807, 2.05) is 0 Å². The quantitative estimate of drug-likeness (QED) is 0.319.